The fraction of sp³-hybridized carbons (Fsp3) is 0.250. The molecule has 2 atom stereocenters. The van der Waals surface area contributed by atoms with Gasteiger partial charge in [-0.2, -0.15) is 0 Å². The molecule has 4 rings (SSSR count). The van der Waals surface area contributed by atoms with Crippen LogP contribution < -0.4 is 10.6 Å². The first-order valence-corrected chi connectivity index (χ1v) is 14.6. The highest BCUT2D eigenvalue weighted by molar-refractivity contribution is 9.10. The van der Waals surface area contributed by atoms with Gasteiger partial charge in [0.05, 0.1) is 0 Å². The van der Waals surface area contributed by atoms with Crippen molar-refractivity contribution < 1.29 is 19.8 Å². The maximum Gasteiger partial charge on any atom is 0.259 e. The SMILES string of the molecule is O=C(Nc1nnc(CCCCc2nnc(NC(=O)C(O)c3ccccc3Br)s2)s1)C(O)c1cccc(Br)c1. The number of nitrogens with one attached hydrogen (secondary N) is 2. The average Bonchev–Trinajstić information content (AvgIpc) is 3.55. The van der Waals surface area contributed by atoms with Crippen LogP contribution in [0.2, 0.25) is 0 Å². The van der Waals surface area contributed by atoms with E-state index >= 15 is 0 Å². The topological polar surface area (TPSA) is 150 Å². The van der Waals surface area contributed by atoms with Crippen LogP contribution >= 0.6 is 54.5 Å². The molecule has 0 aliphatic heterocycles. The lowest BCUT2D eigenvalue weighted by Crippen LogP contribution is -2.21. The van der Waals surface area contributed by atoms with Crippen LogP contribution in [0.25, 0.3) is 0 Å². The smallest absolute Gasteiger partial charge is 0.259 e. The van der Waals surface area contributed by atoms with Gasteiger partial charge in [-0.05, 0) is 36.6 Å². The molecule has 2 heterocycles. The van der Waals surface area contributed by atoms with E-state index in [2.05, 4.69) is 62.9 Å². The Bertz CT molecular complexity index is 1420. The third kappa shape index (κ3) is 7.71. The number of carbonyl (C=O) groups excluding carboxylic acids is 2. The number of hydrogen-bond acceptors (Lipinski definition) is 10. The summed E-state index contributed by atoms with van der Waals surface area (Å²) in [5.74, 6) is -1.16. The summed E-state index contributed by atoms with van der Waals surface area (Å²) in [5.41, 5.74) is 0.941. The molecule has 4 aromatic rings. The normalized spacial score (nSPS) is 12.6. The minimum atomic E-state index is -1.33. The van der Waals surface area contributed by atoms with Crippen LogP contribution in [-0.2, 0) is 22.4 Å². The molecular formula is C24H22Br2N6O4S2. The molecule has 0 bridgehead atoms. The van der Waals surface area contributed by atoms with Crippen molar-refractivity contribution in [3.63, 3.8) is 0 Å². The van der Waals surface area contributed by atoms with Crippen LogP contribution in [0, 0.1) is 0 Å². The highest BCUT2D eigenvalue weighted by atomic mass is 79.9. The molecule has 0 saturated heterocycles. The van der Waals surface area contributed by atoms with Crippen LogP contribution in [0.1, 0.15) is 46.2 Å². The van der Waals surface area contributed by atoms with Gasteiger partial charge in [-0.1, -0.05) is 84.9 Å². The van der Waals surface area contributed by atoms with Crippen LogP contribution in [0.5, 0.6) is 0 Å². The van der Waals surface area contributed by atoms with E-state index in [0.29, 0.717) is 38.7 Å². The van der Waals surface area contributed by atoms with E-state index in [0.717, 1.165) is 27.3 Å². The maximum atomic E-state index is 12.4. The Morgan fingerprint density at radius 1 is 0.789 bits per heavy atom. The predicted octanol–water partition coefficient (Wildman–Crippen LogP) is 4.82. The standard InChI is InChI=1S/C24H22Br2N6O4S2/c25-14-7-5-6-13(12-14)19(33)21(35)27-23-31-29-17(37-23)10-3-4-11-18-30-32-24(38-18)28-22(36)20(34)15-8-1-2-9-16(15)26/h1-2,5-9,12,19-20,33-34H,3-4,10-11H2,(H,27,31,35)(H,28,32,36). The van der Waals surface area contributed by atoms with E-state index in [-0.39, 0.29) is 0 Å². The highest BCUT2D eigenvalue weighted by Crippen LogP contribution is 2.26. The number of carbonyl (C=O) groups is 2. The van der Waals surface area contributed by atoms with Crippen molar-refractivity contribution in [3.05, 3.63) is 78.6 Å². The summed E-state index contributed by atoms with van der Waals surface area (Å²) >= 11 is 9.18. The third-order valence-electron chi connectivity index (χ3n) is 5.29. The van der Waals surface area contributed by atoms with Gasteiger partial charge in [0.1, 0.15) is 10.0 Å². The molecule has 4 N–H and O–H groups in total. The number of aryl methyl sites for hydroxylation is 2. The molecule has 2 aromatic heterocycles. The summed E-state index contributed by atoms with van der Waals surface area (Å²) in [5, 5.41) is 44.2. The van der Waals surface area contributed by atoms with E-state index in [1.54, 1.807) is 42.5 Å². The zero-order valence-corrected chi connectivity index (χ0v) is 24.5. The predicted molar refractivity (Wildman–Crippen MR) is 152 cm³/mol. The number of halogens is 2. The second-order valence-corrected chi connectivity index (χ2v) is 12.0. The van der Waals surface area contributed by atoms with Crippen molar-refractivity contribution in [2.24, 2.45) is 0 Å². The summed E-state index contributed by atoms with van der Waals surface area (Å²) in [6.07, 6.45) is 0.313. The summed E-state index contributed by atoms with van der Waals surface area (Å²) in [6.45, 7) is 0. The molecule has 0 radical (unpaired) electrons. The Balaban J connectivity index is 1.20. The molecule has 2 aromatic carbocycles. The first-order valence-electron chi connectivity index (χ1n) is 11.4. The van der Waals surface area contributed by atoms with Crippen molar-refractivity contribution in [2.75, 3.05) is 10.6 Å². The Hall–Kier alpha value is -2.62. The van der Waals surface area contributed by atoms with Gasteiger partial charge in [0.15, 0.2) is 12.2 Å². The Morgan fingerprint density at radius 2 is 1.37 bits per heavy atom. The van der Waals surface area contributed by atoms with E-state index in [1.165, 1.54) is 22.7 Å². The van der Waals surface area contributed by atoms with Crippen LogP contribution in [0.15, 0.2) is 57.5 Å². The number of aromatic nitrogens is 4. The highest BCUT2D eigenvalue weighted by Gasteiger charge is 2.21. The Labute approximate surface area is 242 Å². The van der Waals surface area contributed by atoms with Gasteiger partial charge in [-0.3, -0.25) is 20.2 Å². The number of rotatable bonds is 11. The van der Waals surface area contributed by atoms with E-state index in [9.17, 15) is 19.8 Å². The van der Waals surface area contributed by atoms with Gasteiger partial charge in [0, 0.05) is 27.4 Å². The zero-order valence-electron chi connectivity index (χ0n) is 19.7. The van der Waals surface area contributed by atoms with Crippen molar-refractivity contribution in [2.45, 2.75) is 37.9 Å². The first kappa shape index (κ1) is 28.4. The minimum absolute atomic E-state index is 0.325. The number of aliphatic hydroxyl groups is 2. The van der Waals surface area contributed by atoms with Gasteiger partial charge >= 0.3 is 0 Å². The van der Waals surface area contributed by atoms with Crippen molar-refractivity contribution in [3.8, 4) is 0 Å². The van der Waals surface area contributed by atoms with Crippen molar-refractivity contribution in [1.82, 2.24) is 20.4 Å². The second kappa shape index (κ2) is 13.4. The number of nitrogens with zero attached hydrogens (tertiary/aromatic N) is 4. The van der Waals surface area contributed by atoms with Crippen molar-refractivity contribution in [1.29, 1.82) is 0 Å². The maximum absolute atomic E-state index is 12.4. The molecule has 2 unspecified atom stereocenters. The second-order valence-electron chi connectivity index (χ2n) is 8.07. The Kier molecular flexibility index (Phi) is 10.0. The number of hydrogen-bond donors (Lipinski definition) is 4. The lowest BCUT2D eigenvalue weighted by Gasteiger charge is -2.11. The molecule has 0 aliphatic rings. The molecule has 10 nitrogen and oxygen atoms in total. The summed E-state index contributed by atoms with van der Waals surface area (Å²) in [4.78, 5) is 24.7. The molecule has 2 amide bonds. The van der Waals surface area contributed by atoms with Crippen LogP contribution in [0.3, 0.4) is 0 Å². The van der Waals surface area contributed by atoms with Gasteiger partial charge < -0.3 is 10.2 Å². The van der Waals surface area contributed by atoms with Crippen LogP contribution in [-0.4, -0.2) is 42.4 Å². The van der Waals surface area contributed by atoms with Gasteiger partial charge in [-0.15, -0.1) is 20.4 Å². The average molecular weight is 682 g/mol. The van der Waals surface area contributed by atoms with E-state index in [1.807, 2.05) is 6.07 Å². The minimum Gasteiger partial charge on any atom is -0.378 e. The number of unbranched alkanes of at least 4 members (excludes halogenated alkanes) is 1. The lowest BCUT2D eigenvalue weighted by molar-refractivity contribution is -0.124. The molecule has 0 saturated carbocycles. The Morgan fingerprint density at radius 3 is 1.95 bits per heavy atom. The number of amides is 2. The zero-order chi connectivity index (χ0) is 27.1. The summed E-state index contributed by atoms with van der Waals surface area (Å²) < 4.78 is 1.41. The van der Waals surface area contributed by atoms with E-state index in [4.69, 9.17) is 0 Å². The number of aliphatic hydroxyl groups excluding tert-OH is 2. The fourth-order valence-corrected chi connectivity index (χ4v) is 5.86. The molecule has 14 heteroatoms. The monoisotopic (exact) mass is 680 g/mol. The molecule has 38 heavy (non-hydrogen) atoms. The largest absolute Gasteiger partial charge is 0.378 e. The number of benzene rings is 2. The molecule has 0 fully saturated rings. The summed E-state index contributed by atoms with van der Waals surface area (Å²) in [6, 6.07) is 13.9. The summed E-state index contributed by atoms with van der Waals surface area (Å²) in [7, 11) is 0. The molecule has 0 aliphatic carbocycles. The van der Waals surface area contributed by atoms with Crippen LogP contribution in [0.4, 0.5) is 10.3 Å². The number of anilines is 2. The first-order chi connectivity index (χ1) is 18.3. The van der Waals surface area contributed by atoms with Crippen molar-refractivity contribution >= 4 is 76.6 Å². The van der Waals surface area contributed by atoms with E-state index < -0.39 is 24.0 Å². The fourth-order valence-electron chi connectivity index (χ4n) is 3.38. The van der Waals surface area contributed by atoms with Gasteiger partial charge in [0.2, 0.25) is 10.3 Å². The molecular weight excluding hydrogens is 660 g/mol. The third-order valence-corrected chi connectivity index (χ3v) is 8.30. The van der Waals surface area contributed by atoms with Gasteiger partial charge in [0.25, 0.3) is 11.8 Å². The molecule has 0 spiro atoms. The lowest BCUT2D eigenvalue weighted by atomic mass is 10.1. The molecule has 198 valence electrons. The van der Waals surface area contributed by atoms with Gasteiger partial charge in [-0.25, -0.2) is 0 Å². The quantitative estimate of drug-likeness (QED) is 0.165.